The summed E-state index contributed by atoms with van der Waals surface area (Å²) in [4.78, 5) is 10.2. The Morgan fingerprint density at radius 3 is 2.43 bits per heavy atom. The van der Waals surface area contributed by atoms with Gasteiger partial charge in [-0.1, -0.05) is 31.9 Å². The SMILES string of the molecule is CCC.O=Cc1cc(F)c(O)cc1Cl. The second-order valence-electron chi connectivity index (χ2n) is 2.65. The number of rotatable bonds is 1. The van der Waals surface area contributed by atoms with Gasteiger partial charge in [-0.3, -0.25) is 4.79 Å². The maximum Gasteiger partial charge on any atom is 0.165 e. The van der Waals surface area contributed by atoms with Gasteiger partial charge in [0.25, 0.3) is 0 Å². The first-order valence-electron chi connectivity index (χ1n) is 4.19. The van der Waals surface area contributed by atoms with Crippen LogP contribution in [0.5, 0.6) is 5.75 Å². The van der Waals surface area contributed by atoms with E-state index in [1.807, 2.05) is 0 Å². The van der Waals surface area contributed by atoms with Gasteiger partial charge in [-0.25, -0.2) is 4.39 Å². The molecule has 2 nitrogen and oxygen atoms in total. The van der Waals surface area contributed by atoms with Crippen LogP contribution in [0.3, 0.4) is 0 Å². The minimum Gasteiger partial charge on any atom is -0.505 e. The van der Waals surface area contributed by atoms with Gasteiger partial charge in [-0.15, -0.1) is 0 Å². The molecule has 14 heavy (non-hydrogen) atoms. The standard InChI is InChI=1S/C7H4ClFO2.C3H8/c8-5-2-7(11)6(9)1-4(5)3-10;1-3-2/h1-3,11H;3H2,1-2H3. The third kappa shape index (κ3) is 3.75. The molecule has 0 fully saturated rings. The van der Waals surface area contributed by atoms with Crippen LogP contribution in [0.15, 0.2) is 12.1 Å². The van der Waals surface area contributed by atoms with E-state index in [0.717, 1.165) is 12.1 Å². The van der Waals surface area contributed by atoms with Gasteiger partial charge in [0, 0.05) is 11.6 Å². The van der Waals surface area contributed by atoms with Crippen LogP contribution in [0.25, 0.3) is 0 Å². The van der Waals surface area contributed by atoms with E-state index in [0.29, 0.717) is 6.29 Å². The highest BCUT2D eigenvalue weighted by Crippen LogP contribution is 2.23. The van der Waals surface area contributed by atoms with E-state index >= 15 is 0 Å². The molecule has 0 aliphatic heterocycles. The molecule has 0 atom stereocenters. The van der Waals surface area contributed by atoms with E-state index in [9.17, 15) is 9.18 Å². The average molecular weight is 219 g/mol. The maximum atomic E-state index is 12.5. The predicted molar refractivity (Wildman–Crippen MR) is 54.4 cm³/mol. The van der Waals surface area contributed by atoms with Crippen molar-refractivity contribution in [1.29, 1.82) is 0 Å². The highest BCUT2D eigenvalue weighted by atomic mass is 35.5. The monoisotopic (exact) mass is 218 g/mol. The van der Waals surface area contributed by atoms with Crippen LogP contribution in [-0.4, -0.2) is 11.4 Å². The van der Waals surface area contributed by atoms with E-state index < -0.39 is 11.6 Å². The number of phenols is 1. The van der Waals surface area contributed by atoms with Crippen molar-refractivity contribution in [2.24, 2.45) is 0 Å². The molecular weight excluding hydrogens is 207 g/mol. The van der Waals surface area contributed by atoms with Crippen molar-refractivity contribution >= 4 is 17.9 Å². The van der Waals surface area contributed by atoms with Gasteiger partial charge in [0.15, 0.2) is 17.9 Å². The van der Waals surface area contributed by atoms with Crippen LogP contribution < -0.4 is 0 Å². The summed E-state index contributed by atoms with van der Waals surface area (Å²) in [5.74, 6) is -1.41. The minimum absolute atomic E-state index is 0.0296. The molecule has 1 aromatic rings. The van der Waals surface area contributed by atoms with Gasteiger partial charge in [0.05, 0.1) is 5.02 Å². The van der Waals surface area contributed by atoms with Crippen molar-refractivity contribution in [2.45, 2.75) is 20.3 Å². The quantitative estimate of drug-likeness (QED) is 0.734. The number of benzene rings is 1. The molecule has 0 aliphatic rings. The zero-order chi connectivity index (χ0) is 11.1. The first kappa shape index (κ1) is 12.9. The maximum absolute atomic E-state index is 12.5. The molecule has 0 unspecified atom stereocenters. The number of aldehydes is 1. The lowest BCUT2D eigenvalue weighted by molar-refractivity contribution is 0.112. The van der Waals surface area contributed by atoms with E-state index in [1.54, 1.807) is 0 Å². The van der Waals surface area contributed by atoms with Crippen molar-refractivity contribution in [3.63, 3.8) is 0 Å². The molecule has 0 amide bonds. The molecule has 0 radical (unpaired) electrons. The lowest BCUT2D eigenvalue weighted by Crippen LogP contribution is -1.84. The molecule has 0 aromatic heterocycles. The summed E-state index contributed by atoms with van der Waals surface area (Å²) in [6, 6.07) is 1.87. The van der Waals surface area contributed by atoms with E-state index in [2.05, 4.69) is 13.8 Å². The average Bonchev–Trinajstić information content (AvgIpc) is 2.12. The minimum atomic E-state index is -0.850. The summed E-state index contributed by atoms with van der Waals surface area (Å²) in [6.07, 6.45) is 1.67. The van der Waals surface area contributed by atoms with Crippen LogP contribution in [0.1, 0.15) is 30.6 Å². The Balaban J connectivity index is 0.000000500. The highest BCUT2D eigenvalue weighted by Gasteiger charge is 2.05. The number of phenolic OH excluding ortho intramolecular Hbond substituents is 1. The normalized spacial score (nSPS) is 8.86. The Kier molecular flexibility index (Phi) is 5.88. The fraction of sp³-hybridized carbons (Fsp3) is 0.300. The van der Waals surface area contributed by atoms with Crippen molar-refractivity contribution in [3.05, 3.63) is 28.5 Å². The Labute approximate surface area is 87.3 Å². The first-order chi connectivity index (χ1) is 6.56. The fourth-order valence-corrected chi connectivity index (χ4v) is 0.844. The number of carbonyl (C=O) groups excluding carboxylic acids is 1. The fourth-order valence-electron chi connectivity index (χ4n) is 0.642. The van der Waals surface area contributed by atoms with Gasteiger partial charge in [0.1, 0.15) is 0 Å². The van der Waals surface area contributed by atoms with E-state index in [1.165, 1.54) is 6.42 Å². The Morgan fingerprint density at radius 1 is 1.50 bits per heavy atom. The molecular formula is C10H12ClFO2. The summed E-state index contributed by atoms with van der Waals surface area (Å²) < 4.78 is 12.5. The van der Waals surface area contributed by atoms with Gasteiger partial charge in [-0.05, 0) is 6.07 Å². The Bertz CT molecular complexity index is 313. The second-order valence-corrected chi connectivity index (χ2v) is 3.06. The van der Waals surface area contributed by atoms with Crippen LogP contribution >= 0.6 is 11.6 Å². The molecule has 1 rings (SSSR count). The molecule has 1 aromatic carbocycles. The van der Waals surface area contributed by atoms with Crippen LogP contribution in [0.4, 0.5) is 4.39 Å². The van der Waals surface area contributed by atoms with Crippen LogP contribution in [0, 0.1) is 5.82 Å². The van der Waals surface area contributed by atoms with Crippen molar-refractivity contribution in [1.82, 2.24) is 0 Å². The molecule has 0 aliphatic carbocycles. The van der Waals surface area contributed by atoms with Crippen molar-refractivity contribution in [3.8, 4) is 5.75 Å². The smallest absolute Gasteiger partial charge is 0.165 e. The number of hydrogen-bond donors (Lipinski definition) is 1. The third-order valence-corrected chi connectivity index (χ3v) is 1.52. The summed E-state index contributed by atoms with van der Waals surface area (Å²) in [5, 5.41) is 8.79. The number of hydrogen-bond acceptors (Lipinski definition) is 2. The number of aromatic hydroxyl groups is 1. The van der Waals surface area contributed by atoms with Gasteiger partial charge >= 0.3 is 0 Å². The molecule has 1 N–H and O–H groups in total. The predicted octanol–water partition coefficient (Wildman–Crippen LogP) is 3.41. The van der Waals surface area contributed by atoms with Crippen LogP contribution in [0.2, 0.25) is 5.02 Å². The molecule has 0 heterocycles. The largest absolute Gasteiger partial charge is 0.505 e. The number of carbonyl (C=O) groups is 1. The number of halogens is 2. The van der Waals surface area contributed by atoms with Gasteiger partial charge < -0.3 is 5.11 Å². The van der Waals surface area contributed by atoms with E-state index in [4.69, 9.17) is 16.7 Å². The van der Waals surface area contributed by atoms with Crippen LogP contribution in [-0.2, 0) is 0 Å². The summed E-state index contributed by atoms with van der Waals surface area (Å²) >= 11 is 5.44. The lowest BCUT2D eigenvalue weighted by Gasteiger charge is -1.97. The lowest BCUT2D eigenvalue weighted by atomic mass is 10.2. The second kappa shape index (κ2) is 6.38. The summed E-state index contributed by atoms with van der Waals surface area (Å²) in [6.45, 7) is 4.25. The zero-order valence-corrected chi connectivity index (χ0v) is 8.81. The molecule has 0 saturated carbocycles. The van der Waals surface area contributed by atoms with E-state index in [-0.39, 0.29) is 10.6 Å². The third-order valence-electron chi connectivity index (χ3n) is 1.19. The molecule has 0 spiro atoms. The summed E-state index contributed by atoms with van der Waals surface area (Å²) in [7, 11) is 0. The molecule has 0 bridgehead atoms. The first-order valence-corrected chi connectivity index (χ1v) is 4.57. The highest BCUT2D eigenvalue weighted by molar-refractivity contribution is 6.33. The topological polar surface area (TPSA) is 37.3 Å². The Hall–Kier alpha value is -1.09. The molecule has 0 saturated heterocycles. The van der Waals surface area contributed by atoms with Crippen molar-refractivity contribution < 1.29 is 14.3 Å². The molecule has 4 heteroatoms. The van der Waals surface area contributed by atoms with Gasteiger partial charge in [0.2, 0.25) is 0 Å². The van der Waals surface area contributed by atoms with Gasteiger partial charge in [-0.2, -0.15) is 0 Å². The molecule has 78 valence electrons. The zero-order valence-electron chi connectivity index (χ0n) is 8.05. The van der Waals surface area contributed by atoms with Crippen molar-refractivity contribution in [2.75, 3.05) is 0 Å². The Morgan fingerprint density at radius 2 is 2.00 bits per heavy atom. The summed E-state index contributed by atoms with van der Waals surface area (Å²) in [5.41, 5.74) is 0.0296.